The Morgan fingerprint density at radius 1 is 0.956 bits per heavy atom. The van der Waals surface area contributed by atoms with Crippen molar-refractivity contribution in [1.29, 1.82) is 0 Å². The van der Waals surface area contributed by atoms with Crippen molar-refractivity contribution in [2.45, 2.75) is 57.8 Å². The number of benzene rings is 2. The van der Waals surface area contributed by atoms with Crippen LogP contribution in [-0.2, 0) is 6.54 Å². The Morgan fingerprint density at radius 2 is 1.67 bits per heavy atom. The number of amides is 1. The van der Waals surface area contributed by atoms with Crippen molar-refractivity contribution in [2.24, 2.45) is 0 Å². The Bertz CT molecular complexity index is 1800. The summed E-state index contributed by atoms with van der Waals surface area (Å²) in [4.78, 5) is 56.6. The SMILES string of the molecule is CC(=O)c1ccc(-n2c(=O)n3n(c2=O)C2C(=CC3)C(C)(C)Oc3cc(OC(=O)N4CCN(C5CCNCC5)CC4)ccc32)cc1. The van der Waals surface area contributed by atoms with Gasteiger partial charge in [0.25, 0.3) is 0 Å². The summed E-state index contributed by atoms with van der Waals surface area (Å²) in [5.41, 5.74) is 0.675. The number of ketones is 1. The van der Waals surface area contributed by atoms with Crippen molar-refractivity contribution in [3.63, 3.8) is 0 Å². The molecule has 7 rings (SSSR count). The van der Waals surface area contributed by atoms with Crippen LogP contribution < -0.4 is 26.2 Å². The van der Waals surface area contributed by atoms with Gasteiger partial charge in [-0.3, -0.25) is 9.69 Å². The Kier molecular flexibility index (Phi) is 7.28. The molecule has 3 aromatic rings. The van der Waals surface area contributed by atoms with Gasteiger partial charge in [-0.1, -0.05) is 6.08 Å². The molecular formula is C33H38N6O6. The van der Waals surface area contributed by atoms with Gasteiger partial charge < -0.3 is 19.7 Å². The van der Waals surface area contributed by atoms with E-state index in [0.29, 0.717) is 47.4 Å². The molecule has 0 saturated carbocycles. The average molecular weight is 615 g/mol. The molecule has 1 aromatic heterocycles. The molecule has 4 aliphatic heterocycles. The molecule has 5 heterocycles. The van der Waals surface area contributed by atoms with E-state index >= 15 is 0 Å². The molecule has 1 unspecified atom stereocenters. The molecule has 1 amide bonds. The normalized spacial score (nSPS) is 21.2. The lowest BCUT2D eigenvalue weighted by Crippen LogP contribution is -2.54. The molecule has 1 N–H and O–H groups in total. The van der Waals surface area contributed by atoms with Gasteiger partial charge in [0.2, 0.25) is 0 Å². The highest BCUT2D eigenvalue weighted by Crippen LogP contribution is 2.47. The smallest absolute Gasteiger partial charge is 0.415 e. The third kappa shape index (κ3) is 5.11. The number of fused-ring (bicyclic) bond motifs is 5. The maximum atomic E-state index is 13.9. The quantitative estimate of drug-likeness (QED) is 0.352. The summed E-state index contributed by atoms with van der Waals surface area (Å²) >= 11 is 0. The molecule has 45 heavy (non-hydrogen) atoms. The summed E-state index contributed by atoms with van der Waals surface area (Å²) in [7, 11) is 0. The number of allylic oxidation sites excluding steroid dienone is 1. The first-order valence-corrected chi connectivity index (χ1v) is 15.6. The molecular weight excluding hydrogens is 576 g/mol. The number of hydrogen-bond donors (Lipinski definition) is 1. The average Bonchev–Trinajstić information content (AvgIpc) is 3.30. The summed E-state index contributed by atoms with van der Waals surface area (Å²) in [5.74, 6) is 0.734. The first-order chi connectivity index (χ1) is 21.6. The number of hydrogen-bond acceptors (Lipinski definition) is 8. The van der Waals surface area contributed by atoms with Crippen LogP contribution in [0.15, 0.2) is 63.7 Å². The maximum Gasteiger partial charge on any atom is 0.415 e. The lowest BCUT2D eigenvalue weighted by molar-refractivity contribution is 0.0783. The number of aromatic nitrogens is 3. The summed E-state index contributed by atoms with van der Waals surface area (Å²) in [5, 5.41) is 3.41. The second kappa shape index (κ2) is 11.2. The fraction of sp³-hybridized carbons (Fsp3) is 0.455. The fourth-order valence-electron chi connectivity index (χ4n) is 7.11. The molecule has 4 aliphatic rings. The predicted octanol–water partition coefficient (Wildman–Crippen LogP) is 2.57. The van der Waals surface area contributed by atoms with Crippen LogP contribution in [0.5, 0.6) is 11.5 Å². The Labute approximate surface area is 260 Å². The van der Waals surface area contributed by atoms with Gasteiger partial charge in [0, 0.05) is 49.4 Å². The van der Waals surface area contributed by atoms with E-state index in [1.807, 2.05) is 19.9 Å². The Hall–Kier alpha value is -4.42. The molecule has 0 spiro atoms. The predicted molar refractivity (Wildman–Crippen MR) is 167 cm³/mol. The first-order valence-electron chi connectivity index (χ1n) is 15.6. The molecule has 2 saturated heterocycles. The van der Waals surface area contributed by atoms with Gasteiger partial charge in [-0.05, 0) is 88.7 Å². The third-order valence-corrected chi connectivity index (χ3v) is 9.56. The number of piperazine rings is 1. The zero-order chi connectivity index (χ0) is 31.5. The van der Waals surface area contributed by atoms with Gasteiger partial charge in [0.05, 0.1) is 12.2 Å². The molecule has 1 atom stereocenters. The zero-order valence-corrected chi connectivity index (χ0v) is 25.8. The van der Waals surface area contributed by atoms with Crippen molar-refractivity contribution in [3.05, 3.63) is 86.2 Å². The van der Waals surface area contributed by atoms with E-state index in [4.69, 9.17) is 9.47 Å². The van der Waals surface area contributed by atoms with Gasteiger partial charge in [0.15, 0.2) is 5.78 Å². The first kappa shape index (κ1) is 29.3. The van der Waals surface area contributed by atoms with E-state index in [1.165, 1.54) is 16.3 Å². The van der Waals surface area contributed by atoms with Crippen molar-refractivity contribution in [1.82, 2.24) is 29.0 Å². The standard InChI is InChI=1S/C33H38N6O6/c1-21(40)22-4-6-24(7-5-22)38-30(41)37-15-12-27-29(39(37)31(38)42)26-9-8-25(20-28(26)45-33(27,2)3)44-32(43)36-18-16-35(17-19-36)23-10-13-34-14-11-23/h4-9,12,20,23,29,34H,10-11,13-19H2,1-3H3. The largest absolute Gasteiger partial charge is 0.483 e. The van der Waals surface area contributed by atoms with E-state index in [9.17, 15) is 19.2 Å². The summed E-state index contributed by atoms with van der Waals surface area (Å²) in [6.07, 6.45) is 3.81. The maximum absolute atomic E-state index is 13.9. The van der Waals surface area contributed by atoms with Crippen LogP contribution in [-0.4, -0.2) is 86.5 Å². The highest BCUT2D eigenvalue weighted by Gasteiger charge is 2.44. The van der Waals surface area contributed by atoms with Gasteiger partial charge in [0.1, 0.15) is 23.1 Å². The molecule has 2 aromatic carbocycles. The van der Waals surface area contributed by atoms with Crippen molar-refractivity contribution in [3.8, 4) is 17.2 Å². The number of nitrogens with zero attached hydrogens (tertiary/aromatic N) is 5. The van der Waals surface area contributed by atoms with Crippen LogP contribution >= 0.6 is 0 Å². The minimum Gasteiger partial charge on any atom is -0.483 e. The number of carbonyl (C=O) groups is 2. The van der Waals surface area contributed by atoms with Crippen LogP contribution in [0.1, 0.15) is 55.6 Å². The lowest BCUT2D eigenvalue weighted by Gasteiger charge is -2.42. The lowest BCUT2D eigenvalue weighted by atomic mass is 9.83. The summed E-state index contributed by atoms with van der Waals surface area (Å²) in [6.45, 7) is 10.5. The van der Waals surface area contributed by atoms with E-state index in [1.54, 1.807) is 47.4 Å². The van der Waals surface area contributed by atoms with Crippen LogP contribution in [0, 0.1) is 0 Å². The molecule has 2 fully saturated rings. The van der Waals surface area contributed by atoms with Gasteiger partial charge in [-0.25, -0.2) is 28.3 Å². The number of carbonyl (C=O) groups excluding carboxylic acids is 2. The van der Waals surface area contributed by atoms with Crippen molar-refractivity contribution in [2.75, 3.05) is 39.3 Å². The van der Waals surface area contributed by atoms with Crippen LogP contribution in [0.2, 0.25) is 0 Å². The minimum absolute atomic E-state index is 0.100. The molecule has 0 bridgehead atoms. The summed E-state index contributed by atoms with van der Waals surface area (Å²) < 4.78 is 16.3. The van der Waals surface area contributed by atoms with Gasteiger partial charge in [-0.2, -0.15) is 0 Å². The van der Waals surface area contributed by atoms with E-state index in [2.05, 4.69) is 10.2 Å². The Balaban J connectivity index is 1.15. The monoisotopic (exact) mass is 614 g/mol. The molecule has 12 nitrogen and oxygen atoms in total. The number of piperidine rings is 1. The highest BCUT2D eigenvalue weighted by molar-refractivity contribution is 5.94. The van der Waals surface area contributed by atoms with Gasteiger partial charge >= 0.3 is 17.5 Å². The van der Waals surface area contributed by atoms with Crippen molar-refractivity contribution >= 4 is 11.9 Å². The molecule has 12 heteroatoms. The van der Waals surface area contributed by atoms with E-state index < -0.39 is 29.1 Å². The number of rotatable bonds is 4. The Morgan fingerprint density at radius 3 is 2.36 bits per heavy atom. The number of Topliss-reactive ketones (excluding diaryl/α,β-unsaturated/α-hetero) is 1. The second-order valence-electron chi connectivity index (χ2n) is 12.7. The minimum atomic E-state index is -0.794. The van der Waals surface area contributed by atoms with Crippen LogP contribution in [0.4, 0.5) is 4.79 Å². The van der Waals surface area contributed by atoms with E-state index in [-0.39, 0.29) is 12.3 Å². The van der Waals surface area contributed by atoms with Gasteiger partial charge in [-0.15, -0.1) is 0 Å². The highest BCUT2D eigenvalue weighted by atomic mass is 16.6. The summed E-state index contributed by atoms with van der Waals surface area (Å²) in [6, 6.07) is 11.6. The molecule has 0 radical (unpaired) electrons. The second-order valence-corrected chi connectivity index (χ2v) is 12.7. The van der Waals surface area contributed by atoms with Crippen LogP contribution in [0.3, 0.4) is 0 Å². The molecule has 0 aliphatic carbocycles. The van der Waals surface area contributed by atoms with Crippen LogP contribution in [0.25, 0.3) is 5.69 Å². The fourth-order valence-corrected chi connectivity index (χ4v) is 7.11. The topological polar surface area (TPSA) is 120 Å². The number of ether oxygens (including phenoxy) is 2. The number of nitrogens with one attached hydrogen (secondary N) is 1. The van der Waals surface area contributed by atoms with E-state index in [0.717, 1.165) is 49.2 Å². The van der Waals surface area contributed by atoms with Crippen molar-refractivity contribution < 1.29 is 19.1 Å². The third-order valence-electron chi connectivity index (χ3n) is 9.56. The molecule has 236 valence electrons. The zero-order valence-electron chi connectivity index (χ0n) is 25.8.